The van der Waals surface area contributed by atoms with Crippen molar-refractivity contribution in [2.75, 3.05) is 18.6 Å². The summed E-state index contributed by atoms with van der Waals surface area (Å²) in [5.74, 6) is -1.19. The fraction of sp³-hybridized carbons (Fsp3) is 0.0833. The molecule has 2 aromatic rings. The highest BCUT2D eigenvalue weighted by Gasteiger charge is 2.20. The van der Waals surface area contributed by atoms with Gasteiger partial charge in [-0.05, 0) is 12.1 Å². The molecule has 0 fully saturated rings. The first kappa shape index (κ1) is 13.8. The van der Waals surface area contributed by atoms with Crippen molar-refractivity contribution < 1.29 is 9.13 Å². The Morgan fingerprint density at radius 2 is 2.05 bits per heavy atom. The molecule has 0 aliphatic carbocycles. The van der Waals surface area contributed by atoms with Crippen LogP contribution in [0.25, 0.3) is 11.3 Å². The first-order valence-electron chi connectivity index (χ1n) is 5.35. The van der Waals surface area contributed by atoms with E-state index < -0.39 is 5.82 Å². The Bertz CT molecular complexity index is 729. The number of hydrogen-bond acceptors (Lipinski definition) is 6. The summed E-state index contributed by atoms with van der Waals surface area (Å²) in [5, 5.41) is 9.19. The average molecular weight is 294 g/mol. The molecule has 1 aromatic carbocycles. The molecule has 0 unspecified atom stereocenters. The maximum absolute atomic E-state index is 14.3. The molecule has 0 saturated carbocycles. The normalized spacial score (nSPS) is 10.1. The molecule has 20 heavy (non-hydrogen) atoms. The molecule has 1 heterocycles. The molecule has 0 bridgehead atoms. The molecular weight excluding hydrogens is 285 g/mol. The summed E-state index contributed by atoms with van der Waals surface area (Å²) in [4.78, 5) is 7.53. The molecule has 0 amide bonds. The van der Waals surface area contributed by atoms with Crippen molar-refractivity contribution in [1.82, 2.24) is 9.97 Å². The van der Waals surface area contributed by atoms with Gasteiger partial charge in [0.1, 0.15) is 17.5 Å². The van der Waals surface area contributed by atoms with E-state index in [2.05, 4.69) is 9.97 Å². The molecule has 0 radical (unpaired) electrons. The van der Waals surface area contributed by atoms with Crippen LogP contribution in [0.2, 0.25) is 5.02 Å². The van der Waals surface area contributed by atoms with Gasteiger partial charge in [-0.3, -0.25) is 0 Å². The Morgan fingerprint density at radius 3 is 2.65 bits per heavy atom. The van der Waals surface area contributed by atoms with Crippen LogP contribution < -0.4 is 16.2 Å². The second-order valence-corrected chi connectivity index (χ2v) is 4.15. The number of nitrogen functional groups attached to an aromatic ring is 2. The summed E-state index contributed by atoms with van der Waals surface area (Å²) in [6.45, 7) is 0. The third-order valence-electron chi connectivity index (χ3n) is 2.57. The van der Waals surface area contributed by atoms with Crippen LogP contribution in [0.3, 0.4) is 0 Å². The predicted molar refractivity (Wildman–Crippen MR) is 72.5 cm³/mol. The third kappa shape index (κ3) is 2.17. The highest BCUT2D eigenvalue weighted by Crippen LogP contribution is 2.36. The van der Waals surface area contributed by atoms with E-state index in [4.69, 9.17) is 33.1 Å². The van der Waals surface area contributed by atoms with E-state index in [0.717, 1.165) is 0 Å². The highest BCUT2D eigenvalue weighted by atomic mass is 35.5. The van der Waals surface area contributed by atoms with Gasteiger partial charge in [0.05, 0.1) is 17.8 Å². The molecule has 4 N–H and O–H groups in total. The number of anilines is 2. The molecule has 0 saturated heterocycles. The topological polar surface area (TPSA) is 111 Å². The molecule has 0 atom stereocenters. The van der Waals surface area contributed by atoms with Crippen molar-refractivity contribution in [3.63, 3.8) is 0 Å². The van der Waals surface area contributed by atoms with E-state index in [9.17, 15) is 4.39 Å². The van der Waals surface area contributed by atoms with E-state index in [1.54, 1.807) is 0 Å². The van der Waals surface area contributed by atoms with Crippen LogP contribution in [0.5, 0.6) is 5.75 Å². The zero-order valence-corrected chi connectivity index (χ0v) is 11.1. The van der Waals surface area contributed by atoms with Gasteiger partial charge in [0.25, 0.3) is 0 Å². The first-order chi connectivity index (χ1) is 9.49. The number of aromatic nitrogens is 2. The Labute approximate surface area is 118 Å². The van der Waals surface area contributed by atoms with Crippen LogP contribution in [0, 0.1) is 17.1 Å². The third-order valence-corrected chi connectivity index (χ3v) is 2.87. The van der Waals surface area contributed by atoms with E-state index in [0.29, 0.717) is 0 Å². The first-order valence-corrected chi connectivity index (χ1v) is 5.72. The highest BCUT2D eigenvalue weighted by molar-refractivity contribution is 6.32. The molecule has 0 aliphatic rings. The van der Waals surface area contributed by atoms with Gasteiger partial charge < -0.3 is 16.2 Å². The van der Waals surface area contributed by atoms with Crippen LogP contribution >= 0.6 is 11.6 Å². The van der Waals surface area contributed by atoms with Gasteiger partial charge in [-0.2, -0.15) is 10.2 Å². The maximum Gasteiger partial charge on any atom is 0.222 e. The fourth-order valence-electron chi connectivity index (χ4n) is 1.70. The van der Waals surface area contributed by atoms with E-state index in [1.165, 1.54) is 19.2 Å². The van der Waals surface area contributed by atoms with E-state index in [-0.39, 0.29) is 39.4 Å². The van der Waals surface area contributed by atoms with E-state index in [1.807, 2.05) is 6.07 Å². The number of hydrogen-bond donors (Lipinski definition) is 2. The Kier molecular flexibility index (Phi) is 3.59. The summed E-state index contributed by atoms with van der Waals surface area (Å²) in [7, 11) is 1.28. The summed E-state index contributed by atoms with van der Waals surface area (Å²) >= 11 is 5.81. The Hall–Kier alpha value is -2.59. The lowest BCUT2D eigenvalue weighted by molar-refractivity contribution is 0.387. The zero-order valence-electron chi connectivity index (χ0n) is 10.3. The van der Waals surface area contributed by atoms with Crippen molar-refractivity contribution in [2.24, 2.45) is 0 Å². The maximum atomic E-state index is 14.3. The van der Waals surface area contributed by atoms with Crippen molar-refractivity contribution in [3.05, 3.63) is 28.5 Å². The smallest absolute Gasteiger partial charge is 0.222 e. The van der Waals surface area contributed by atoms with Gasteiger partial charge in [0.15, 0.2) is 11.6 Å². The second kappa shape index (κ2) is 5.19. The lowest BCUT2D eigenvalue weighted by Gasteiger charge is -2.11. The number of nitriles is 1. The molecular formula is C12H9ClFN5O. The molecule has 2 rings (SSSR count). The van der Waals surface area contributed by atoms with Crippen LogP contribution in [0.4, 0.5) is 16.2 Å². The quantitative estimate of drug-likeness (QED) is 0.876. The van der Waals surface area contributed by atoms with Gasteiger partial charge in [0, 0.05) is 5.56 Å². The Morgan fingerprint density at radius 1 is 1.35 bits per heavy atom. The largest absolute Gasteiger partial charge is 0.492 e. The SMILES string of the molecule is COc1c(Cl)ccc(-c2nc(N)nc(N)c2C#N)c1F. The van der Waals surface area contributed by atoms with Crippen molar-refractivity contribution in [1.29, 1.82) is 5.26 Å². The van der Waals surface area contributed by atoms with Gasteiger partial charge in [0.2, 0.25) is 5.95 Å². The molecule has 102 valence electrons. The molecule has 6 nitrogen and oxygen atoms in total. The minimum Gasteiger partial charge on any atom is -0.492 e. The number of halogens is 2. The predicted octanol–water partition coefficient (Wildman–Crippen LogP) is 1.98. The summed E-state index contributed by atoms with van der Waals surface area (Å²) in [5.41, 5.74) is 11.0. The lowest BCUT2D eigenvalue weighted by Crippen LogP contribution is -2.06. The number of nitrogens with two attached hydrogens (primary N) is 2. The minimum absolute atomic E-state index is 0.00333. The minimum atomic E-state index is -0.756. The van der Waals surface area contributed by atoms with Crippen molar-refractivity contribution >= 4 is 23.4 Å². The summed E-state index contributed by atoms with van der Waals surface area (Å²) in [6.07, 6.45) is 0. The number of methoxy groups -OCH3 is 1. The second-order valence-electron chi connectivity index (χ2n) is 3.74. The molecule has 1 aromatic heterocycles. The monoisotopic (exact) mass is 293 g/mol. The number of benzene rings is 1. The van der Waals surface area contributed by atoms with E-state index >= 15 is 0 Å². The van der Waals surface area contributed by atoms with Crippen LogP contribution in [0.1, 0.15) is 5.56 Å². The van der Waals surface area contributed by atoms with Gasteiger partial charge in [-0.15, -0.1) is 0 Å². The summed E-state index contributed by atoms with van der Waals surface area (Å²) in [6, 6.07) is 4.61. The molecule has 0 spiro atoms. The standard InChI is InChI=1S/C12H9ClFN5O/c1-20-10-7(13)3-2-5(8(10)14)9-6(4-15)11(16)19-12(17)18-9/h2-3H,1H3,(H4,16,17,18,19). The fourth-order valence-corrected chi connectivity index (χ4v) is 1.93. The lowest BCUT2D eigenvalue weighted by atomic mass is 10.1. The van der Waals surface area contributed by atoms with Crippen LogP contribution in [-0.2, 0) is 0 Å². The number of ether oxygens (including phenoxy) is 1. The van der Waals surface area contributed by atoms with Crippen molar-refractivity contribution in [2.45, 2.75) is 0 Å². The van der Waals surface area contributed by atoms with Crippen LogP contribution in [0.15, 0.2) is 12.1 Å². The van der Waals surface area contributed by atoms with Gasteiger partial charge >= 0.3 is 0 Å². The molecule has 8 heteroatoms. The Balaban J connectivity index is 2.79. The molecule has 0 aliphatic heterocycles. The average Bonchev–Trinajstić information content (AvgIpc) is 2.38. The zero-order chi connectivity index (χ0) is 14.9. The van der Waals surface area contributed by atoms with Gasteiger partial charge in [-0.1, -0.05) is 11.6 Å². The van der Waals surface area contributed by atoms with Crippen molar-refractivity contribution in [3.8, 4) is 23.1 Å². The number of nitrogens with zero attached hydrogens (tertiary/aromatic N) is 3. The van der Waals surface area contributed by atoms with Gasteiger partial charge in [-0.25, -0.2) is 9.37 Å². The van der Waals surface area contributed by atoms with Crippen LogP contribution in [-0.4, -0.2) is 17.1 Å². The number of rotatable bonds is 2. The summed E-state index contributed by atoms with van der Waals surface area (Å²) < 4.78 is 19.2.